The number of carboxylic acids is 1. The number of alkyl halides is 2. The van der Waals surface area contributed by atoms with Gasteiger partial charge in [-0.2, -0.15) is 4.31 Å². The minimum atomic E-state index is -3.95. The summed E-state index contributed by atoms with van der Waals surface area (Å²) in [5, 5.41) is 9.00. The van der Waals surface area contributed by atoms with E-state index in [4.69, 9.17) is 5.11 Å². The highest BCUT2D eigenvalue weighted by atomic mass is 32.2. The summed E-state index contributed by atoms with van der Waals surface area (Å²) in [7, 11) is -3.95. The van der Waals surface area contributed by atoms with E-state index in [0.717, 1.165) is 4.31 Å². The van der Waals surface area contributed by atoms with Crippen LogP contribution in [0.15, 0.2) is 0 Å². The van der Waals surface area contributed by atoms with Crippen molar-refractivity contribution in [2.45, 2.75) is 50.5 Å². The summed E-state index contributed by atoms with van der Waals surface area (Å²) in [5.41, 5.74) is 0. The van der Waals surface area contributed by atoms with Crippen molar-refractivity contribution in [1.29, 1.82) is 0 Å². The fraction of sp³-hybridized carbons (Fsp3) is 0.917. The van der Waals surface area contributed by atoms with Gasteiger partial charge in [-0.25, -0.2) is 17.2 Å². The molecule has 0 aromatic heterocycles. The Morgan fingerprint density at radius 2 is 1.95 bits per heavy atom. The van der Waals surface area contributed by atoms with Gasteiger partial charge in [0.2, 0.25) is 10.0 Å². The standard InChI is InChI=1S/C12H19F2NO4S/c13-12(14)6-2-1-4-9(12)8-20(18,19)15-7-3-5-10(15)11(16)17/h9-10H,1-8H2,(H,16,17)/t9?,10-/m0/s1. The van der Waals surface area contributed by atoms with Gasteiger partial charge in [-0.15, -0.1) is 0 Å². The van der Waals surface area contributed by atoms with Gasteiger partial charge in [-0.1, -0.05) is 6.42 Å². The van der Waals surface area contributed by atoms with Gasteiger partial charge < -0.3 is 5.11 Å². The summed E-state index contributed by atoms with van der Waals surface area (Å²) >= 11 is 0. The molecule has 1 heterocycles. The van der Waals surface area contributed by atoms with Crippen LogP contribution in [0.5, 0.6) is 0 Å². The van der Waals surface area contributed by atoms with Gasteiger partial charge in [-0.05, 0) is 25.7 Å². The van der Waals surface area contributed by atoms with Crippen LogP contribution < -0.4 is 0 Å². The van der Waals surface area contributed by atoms with Crippen LogP contribution in [-0.4, -0.2) is 48.1 Å². The third-order valence-electron chi connectivity index (χ3n) is 4.17. The lowest BCUT2D eigenvalue weighted by molar-refractivity contribution is -0.140. The third-order valence-corrected chi connectivity index (χ3v) is 6.14. The van der Waals surface area contributed by atoms with E-state index in [2.05, 4.69) is 0 Å². The van der Waals surface area contributed by atoms with Crippen molar-refractivity contribution in [3.05, 3.63) is 0 Å². The summed E-state index contributed by atoms with van der Waals surface area (Å²) < 4.78 is 52.8. The maximum Gasteiger partial charge on any atom is 0.322 e. The fourth-order valence-corrected chi connectivity index (χ4v) is 5.14. The van der Waals surface area contributed by atoms with E-state index in [1.807, 2.05) is 0 Å². The molecule has 0 bridgehead atoms. The smallest absolute Gasteiger partial charge is 0.322 e. The molecule has 0 radical (unpaired) electrons. The van der Waals surface area contributed by atoms with E-state index in [9.17, 15) is 22.0 Å². The normalized spacial score (nSPS) is 31.3. The van der Waals surface area contributed by atoms with Crippen LogP contribution in [0, 0.1) is 5.92 Å². The lowest BCUT2D eigenvalue weighted by atomic mass is 9.87. The molecule has 2 atom stereocenters. The number of aliphatic carboxylic acids is 1. The predicted molar refractivity (Wildman–Crippen MR) is 68.1 cm³/mol. The van der Waals surface area contributed by atoms with Gasteiger partial charge in [-0.3, -0.25) is 4.79 Å². The first-order valence-corrected chi connectivity index (χ1v) is 8.45. The van der Waals surface area contributed by atoms with E-state index in [0.29, 0.717) is 19.3 Å². The van der Waals surface area contributed by atoms with Gasteiger partial charge >= 0.3 is 5.97 Å². The molecule has 1 unspecified atom stereocenters. The average molecular weight is 311 g/mol. The van der Waals surface area contributed by atoms with Crippen molar-refractivity contribution in [2.24, 2.45) is 5.92 Å². The number of hydrogen-bond acceptors (Lipinski definition) is 3. The summed E-state index contributed by atoms with van der Waals surface area (Å²) in [6, 6.07) is -1.10. The van der Waals surface area contributed by atoms with Crippen molar-refractivity contribution < 1.29 is 27.1 Å². The van der Waals surface area contributed by atoms with E-state index in [1.54, 1.807) is 0 Å². The number of halogens is 2. The lowest BCUT2D eigenvalue weighted by Gasteiger charge is -2.32. The van der Waals surface area contributed by atoms with Crippen LogP contribution in [0.25, 0.3) is 0 Å². The minimum Gasteiger partial charge on any atom is -0.480 e. The fourth-order valence-electron chi connectivity index (χ4n) is 3.04. The van der Waals surface area contributed by atoms with Gasteiger partial charge in [0.15, 0.2) is 0 Å². The molecular formula is C12H19F2NO4S. The number of hydrogen-bond donors (Lipinski definition) is 1. The molecule has 1 saturated carbocycles. The van der Waals surface area contributed by atoms with E-state index < -0.39 is 39.6 Å². The summed E-state index contributed by atoms with van der Waals surface area (Å²) in [4.78, 5) is 11.0. The first-order valence-electron chi connectivity index (χ1n) is 6.84. The highest BCUT2D eigenvalue weighted by molar-refractivity contribution is 7.89. The van der Waals surface area contributed by atoms with E-state index in [-0.39, 0.29) is 25.8 Å². The second kappa shape index (κ2) is 5.55. The van der Waals surface area contributed by atoms with Crippen LogP contribution in [0.3, 0.4) is 0 Å². The Kier molecular flexibility index (Phi) is 4.34. The molecule has 20 heavy (non-hydrogen) atoms. The quantitative estimate of drug-likeness (QED) is 0.857. The molecule has 2 aliphatic rings. The largest absolute Gasteiger partial charge is 0.480 e. The maximum atomic E-state index is 13.7. The zero-order valence-corrected chi connectivity index (χ0v) is 11.9. The number of carbonyl (C=O) groups is 1. The Morgan fingerprint density at radius 3 is 2.55 bits per heavy atom. The Labute approximate surface area is 117 Å². The monoisotopic (exact) mass is 311 g/mol. The van der Waals surface area contributed by atoms with Crippen LogP contribution in [0.4, 0.5) is 8.78 Å². The molecule has 0 aromatic carbocycles. The minimum absolute atomic E-state index is 0.109. The first kappa shape index (κ1) is 15.6. The summed E-state index contributed by atoms with van der Waals surface area (Å²) in [5.74, 6) is -6.02. The van der Waals surface area contributed by atoms with Crippen LogP contribution >= 0.6 is 0 Å². The molecule has 0 aromatic rings. The summed E-state index contributed by atoms with van der Waals surface area (Å²) in [6.07, 6.45) is 1.60. The topological polar surface area (TPSA) is 74.7 Å². The van der Waals surface area contributed by atoms with Crippen molar-refractivity contribution in [3.8, 4) is 0 Å². The molecule has 2 rings (SSSR count). The highest BCUT2D eigenvalue weighted by Gasteiger charge is 2.46. The molecule has 5 nitrogen and oxygen atoms in total. The van der Waals surface area contributed by atoms with Gasteiger partial charge in [0.1, 0.15) is 6.04 Å². The Hall–Kier alpha value is -0.760. The molecular weight excluding hydrogens is 292 g/mol. The SMILES string of the molecule is O=C(O)[C@@H]1CCCN1S(=O)(=O)CC1CCCCC1(F)F. The van der Waals surface area contributed by atoms with Gasteiger partial charge in [0, 0.05) is 18.9 Å². The van der Waals surface area contributed by atoms with Gasteiger partial charge in [0.05, 0.1) is 5.75 Å². The van der Waals surface area contributed by atoms with Crippen molar-refractivity contribution in [2.75, 3.05) is 12.3 Å². The molecule has 0 spiro atoms. The number of sulfonamides is 1. The number of nitrogens with zero attached hydrogens (tertiary/aromatic N) is 1. The average Bonchev–Trinajstić information content (AvgIpc) is 2.81. The summed E-state index contributed by atoms with van der Waals surface area (Å²) in [6.45, 7) is 0.109. The molecule has 1 aliphatic carbocycles. The molecule has 1 saturated heterocycles. The van der Waals surface area contributed by atoms with Crippen LogP contribution in [0.2, 0.25) is 0 Å². The van der Waals surface area contributed by atoms with E-state index in [1.165, 1.54) is 0 Å². The number of rotatable bonds is 4. The van der Waals surface area contributed by atoms with Crippen LogP contribution in [0.1, 0.15) is 38.5 Å². The Balaban J connectivity index is 2.12. The Morgan fingerprint density at radius 1 is 1.25 bits per heavy atom. The highest BCUT2D eigenvalue weighted by Crippen LogP contribution is 2.40. The van der Waals surface area contributed by atoms with Crippen molar-refractivity contribution in [1.82, 2.24) is 4.31 Å². The molecule has 2 fully saturated rings. The van der Waals surface area contributed by atoms with Crippen molar-refractivity contribution >= 4 is 16.0 Å². The second-order valence-corrected chi connectivity index (χ2v) is 7.56. The lowest BCUT2D eigenvalue weighted by Crippen LogP contribution is -2.45. The van der Waals surface area contributed by atoms with Crippen LogP contribution in [-0.2, 0) is 14.8 Å². The predicted octanol–water partition coefficient (Wildman–Crippen LogP) is 1.69. The molecule has 0 amide bonds. The third kappa shape index (κ3) is 3.11. The zero-order chi connectivity index (χ0) is 15.0. The zero-order valence-electron chi connectivity index (χ0n) is 11.1. The maximum absolute atomic E-state index is 13.7. The molecule has 1 aliphatic heterocycles. The van der Waals surface area contributed by atoms with Crippen molar-refractivity contribution in [3.63, 3.8) is 0 Å². The first-order chi connectivity index (χ1) is 9.24. The van der Waals surface area contributed by atoms with E-state index >= 15 is 0 Å². The number of carboxylic acid groups (broad SMARTS) is 1. The Bertz CT molecular complexity index is 480. The molecule has 8 heteroatoms. The molecule has 116 valence electrons. The molecule has 1 N–H and O–H groups in total. The van der Waals surface area contributed by atoms with Gasteiger partial charge in [0.25, 0.3) is 5.92 Å². The second-order valence-electron chi connectivity index (χ2n) is 5.59.